The Morgan fingerprint density at radius 3 is 2.82 bits per heavy atom. The van der Waals surface area contributed by atoms with Crippen molar-refractivity contribution in [2.24, 2.45) is 4.99 Å². The van der Waals surface area contributed by atoms with Crippen LogP contribution in [0.3, 0.4) is 0 Å². The molecule has 1 aromatic heterocycles. The molecule has 0 saturated heterocycles. The molecule has 0 aromatic carbocycles. The molecule has 0 spiro atoms. The Morgan fingerprint density at radius 1 is 1.65 bits per heavy atom. The Morgan fingerprint density at radius 2 is 2.29 bits per heavy atom. The van der Waals surface area contributed by atoms with Gasteiger partial charge in [0.25, 0.3) is 0 Å². The van der Waals surface area contributed by atoms with Crippen molar-refractivity contribution < 1.29 is 10.0 Å². The average molecular weight is 258 g/mol. The highest BCUT2D eigenvalue weighted by atomic mass is 35.5. The molecule has 0 aliphatic heterocycles. The Labute approximate surface area is 105 Å². The fourth-order valence-electron chi connectivity index (χ4n) is 1.05. The molecule has 0 radical (unpaired) electrons. The molecule has 6 heteroatoms. The second-order valence-corrected chi connectivity index (χ2v) is 4.72. The van der Waals surface area contributed by atoms with E-state index < -0.39 is 6.03 Å². The van der Waals surface area contributed by atoms with Gasteiger partial charge >= 0.3 is 6.03 Å². The number of nitrogens with one attached hydrogen (secondary N) is 1. The number of halogens is 1. The van der Waals surface area contributed by atoms with Gasteiger partial charge in [0.1, 0.15) is 5.15 Å². The summed E-state index contributed by atoms with van der Waals surface area (Å²) in [5.74, 6) is 0. The summed E-state index contributed by atoms with van der Waals surface area (Å²) >= 11 is 5.68. The molecular weight excluding hydrogens is 242 g/mol. The Hall–Kier alpha value is -1.49. The van der Waals surface area contributed by atoms with E-state index in [9.17, 15) is 4.79 Å². The number of hydrogen-bond acceptors (Lipinski definition) is 2. The summed E-state index contributed by atoms with van der Waals surface area (Å²) in [6.45, 7) is 5.81. The molecule has 1 heterocycles. The maximum atomic E-state index is 11.6. The summed E-state index contributed by atoms with van der Waals surface area (Å²) in [5, 5.41) is 12.4. The van der Waals surface area contributed by atoms with E-state index in [1.54, 1.807) is 0 Å². The number of amides is 2. The molecule has 0 aliphatic carbocycles. The predicted molar refractivity (Wildman–Crippen MR) is 65.1 cm³/mol. The normalized spacial score (nSPS) is 12.6. The van der Waals surface area contributed by atoms with Crippen LogP contribution in [0.1, 0.15) is 27.2 Å². The zero-order valence-corrected chi connectivity index (χ0v) is 10.8. The summed E-state index contributed by atoms with van der Waals surface area (Å²) in [5.41, 5.74) is -0.296. The van der Waals surface area contributed by atoms with Crippen molar-refractivity contribution in [3.05, 3.63) is 28.8 Å². The van der Waals surface area contributed by atoms with Gasteiger partial charge in [0, 0.05) is 17.8 Å². The quantitative estimate of drug-likeness (QED) is 0.630. The summed E-state index contributed by atoms with van der Waals surface area (Å²) in [4.78, 5) is 15.4. The highest BCUT2D eigenvalue weighted by Crippen LogP contribution is 2.06. The lowest BCUT2D eigenvalue weighted by atomic mass is 10.0. The van der Waals surface area contributed by atoms with Gasteiger partial charge in [-0.2, -0.15) is 9.72 Å². The predicted octanol–water partition coefficient (Wildman–Crippen LogP) is 2.18. The molecule has 2 N–H and O–H groups in total. The minimum Gasteiger partial charge on any atom is -0.428 e. The van der Waals surface area contributed by atoms with E-state index in [2.05, 4.69) is 10.3 Å². The Balaban J connectivity index is 2.89. The summed E-state index contributed by atoms with van der Waals surface area (Å²) < 4.78 is 0.745. The minimum absolute atomic E-state index is 0.0915. The van der Waals surface area contributed by atoms with Crippen molar-refractivity contribution in [2.45, 2.75) is 32.7 Å². The Kier molecular flexibility index (Phi) is 4.17. The number of hydrogen-bond donors (Lipinski definition) is 2. The van der Waals surface area contributed by atoms with Crippen LogP contribution in [0.2, 0.25) is 5.15 Å². The standard InChI is InChI=1S/C11H16ClN3O2/c1-4-11(2,3)14-10(16)13-8-5-6-15(17)9(12)7-8/h5-7,17H,4H2,1-3H3,(H,14,16)/b13-8+. The van der Waals surface area contributed by atoms with E-state index in [0.29, 0.717) is 5.36 Å². The zero-order chi connectivity index (χ0) is 13.1. The molecule has 0 aliphatic rings. The second kappa shape index (κ2) is 5.23. The number of pyridine rings is 1. The number of rotatable bonds is 2. The first-order valence-electron chi connectivity index (χ1n) is 5.28. The zero-order valence-electron chi connectivity index (χ0n) is 10.1. The van der Waals surface area contributed by atoms with Crippen molar-refractivity contribution in [1.82, 2.24) is 10.0 Å². The van der Waals surface area contributed by atoms with Gasteiger partial charge in [-0.3, -0.25) is 0 Å². The van der Waals surface area contributed by atoms with Gasteiger partial charge in [-0.05, 0) is 26.3 Å². The van der Waals surface area contributed by atoms with Crippen LogP contribution in [0, 0.1) is 0 Å². The number of urea groups is 1. The smallest absolute Gasteiger partial charge is 0.341 e. The molecule has 2 amide bonds. The van der Waals surface area contributed by atoms with Crippen molar-refractivity contribution in [1.29, 1.82) is 0 Å². The number of carbonyl (C=O) groups is 1. The minimum atomic E-state index is -0.427. The molecule has 94 valence electrons. The topological polar surface area (TPSA) is 66.6 Å². The van der Waals surface area contributed by atoms with Gasteiger partial charge in [0.15, 0.2) is 0 Å². The van der Waals surface area contributed by atoms with Crippen molar-refractivity contribution >= 4 is 17.6 Å². The van der Waals surface area contributed by atoms with Crippen LogP contribution in [-0.4, -0.2) is 21.5 Å². The summed E-state index contributed by atoms with van der Waals surface area (Å²) in [7, 11) is 0. The highest BCUT2D eigenvalue weighted by molar-refractivity contribution is 6.29. The molecule has 0 bridgehead atoms. The fourth-order valence-corrected chi connectivity index (χ4v) is 1.22. The van der Waals surface area contributed by atoms with Crippen LogP contribution in [-0.2, 0) is 0 Å². The SMILES string of the molecule is CCC(C)(C)NC(=O)/N=c1\ccn(O)c(Cl)c1. The first-order valence-corrected chi connectivity index (χ1v) is 5.66. The lowest BCUT2D eigenvalue weighted by Gasteiger charge is -2.22. The van der Waals surface area contributed by atoms with E-state index in [0.717, 1.165) is 11.2 Å². The molecule has 1 rings (SSSR count). The van der Waals surface area contributed by atoms with Crippen molar-refractivity contribution in [3.8, 4) is 0 Å². The monoisotopic (exact) mass is 257 g/mol. The van der Waals surface area contributed by atoms with Gasteiger partial charge in [-0.15, -0.1) is 0 Å². The fraction of sp³-hybridized carbons (Fsp3) is 0.455. The van der Waals surface area contributed by atoms with E-state index in [1.165, 1.54) is 18.3 Å². The molecule has 1 aromatic rings. The van der Waals surface area contributed by atoms with E-state index in [4.69, 9.17) is 16.8 Å². The Bertz CT molecular complexity index is 480. The van der Waals surface area contributed by atoms with E-state index in [-0.39, 0.29) is 10.7 Å². The molecular formula is C11H16ClN3O2. The van der Waals surface area contributed by atoms with Crippen LogP contribution >= 0.6 is 11.6 Å². The van der Waals surface area contributed by atoms with Gasteiger partial charge in [0.05, 0.1) is 5.36 Å². The summed E-state index contributed by atoms with van der Waals surface area (Å²) in [6.07, 6.45) is 2.12. The average Bonchev–Trinajstić information content (AvgIpc) is 2.23. The van der Waals surface area contributed by atoms with Crippen LogP contribution in [0.4, 0.5) is 4.79 Å². The van der Waals surface area contributed by atoms with E-state index in [1.807, 2.05) is 20.8 Å². The third-order valence-corrected chi connectivity index (χ3v) is 2.71. The van der Waals surface area contributed by atoms with Gasteiger partial charge < -0.3 is 10.5 Å². The van der Waals surface area contributed by atoms with Crippen LogP contribution in [0.5, 0.6) is 0 Å². The first kappa shape index (κ1) is 13.6. The van der Waals surface area contributed by atoms with Crippen molar-refractivity contribution in [2.75, 3.05) is 0 Å². The third-order valence-electron chi connectivity index (χ3n) is 2.43. The summed E-state index contributed by atoms with van der Waals surface area (Å²) in [6, 6.07) is 2.47. The lowest BCUT2D eigenvalue weighted by molar-refractivity contribution is 0.185. The van der Waals surface area contributed by atoms with Gasteiger partial charge in [0.2, 0.25) is 0 Å². The van der Waals surface area contributed by atoms with Crippen LogP contribution < -0.4 is 10.7 Å². The molecule has 0 saturated carbocycles. The molecule has 0 unspecified atom stereocenters. The lowest BCUT2D eigenvalue weighted by Crippen LogP contribution is -2.41. The van der Waals surface area contributed by atoms with Gasteiger partial charge in [-0.1, -0.05) is 18.5 Å². The number of nitrogens with zero attached hydrogens (tertiary/aromatic N) is 2. The molecule has 0 atom stereocenters. The largest absolute Gasteiger partial charge is 0.428 e. The van der Waals surface area contributed by atoms with Crippen molar-refractivity contribution in [3.63, 3.8) is 0 Å². The highest BCUT2D eigenvalue weighted by Gasteiger charge is 2.16. The molecule has 5 nitrogen and oxygen atoms in total. The van der Waals surface area contributed by atoms with Gasteiger partial charge in [-0.25, -0.2) is 4.79 Å². The maximum Gasteiger partial charge on any atom is 0.341 e. The maximum absolute atomic E-state index is 11.6. The van der Waals surface area contributed by atoms with Crippen LogP contribution in [0.15, 0.2) is 23.3 Å². The number of aromatic nitrogens is 1. The third kappa shape index (κ3) is 4.11. The first-order chi connectivity index (χ1) is 7.84. The molecule has 17 heavy (non-hydrogen) atoms. The number of carbonyl (C=O) groups excluding carboxylic acids is 1. The molecule has 0 fully saturated rings. The van der Waals surface area contributed by atoms with E-state index >= 15 is 0 Å². The van der Waals surface area contributed by atoms with Crippen LogP contribution in [0.25, 0.3) is 0 Å². The second-order valence-electron chi connectivity index (χ2n) is 4.33.